The molecule has 20 heavy (non-hydrogen) atoms. The number of aliphatic hydroxyl groups excluding tert-OH is 1. The largest absolute Gasteiger partial charge is 0.497 e. The molecule has 0 spiro atoms. The minimum atomic E-state index is -0.534. The highest BCUT2D eigenvalue weighted by Gasteiger charge is 2.17. The lowest BCUT2D eigenvalue weighted by atomic mass is 9.96. The number of ether oxygens (including phenoxy) is 1. The lowest BCUT2D eigenvalue weighted by Gasteiger charge is -2.20. The molecule has 1 unspecified atom stereocenters. The van der Waals surface area contributed by atoms with Crippen LogP contribution >= 0.6 is 0 Å². The van der Waals surface area contributed by atoms with Crippen molar-refractivity contribution in [2.45, 2.75) is 32.8 Å². The van der Waals surface area contributed by atoms with Crippen LogP contribution in [0.15, 0.2) is 18.2 Å². The van der Waals surface area contributed by atoms with E-state index in [0.29, 0.717) is 17.0 Å². The average Bonchev–Trinajstić information content (AvgIpc) is 2.45. The van der Waals surface area contributed by atoms with Crippen molar-refractivity contribution < 1.29 is 14.6 Å². The predicted molar refractivity (Wildman–Crippen MR) is 79.8 cm³/mol. The van der Waals surface area contributed by atoms with E-state index in [4.69, 9.17) is 10.5 Å². The molecule has 0 aromatic heterocycles. The molecule has 1 aromatic rings. The molecule has 1 amide bonds. The first-order chi connectivity index (χ1) is 9.53. The van der Waals surface area contributed by atoms with E-state index in [9.17, 15) is 9.90 Å². The Labute approximate surface area is 120 Å². The molecule has 5 nitrogen and oxygen atoms in total. The van der Waals surface area contributed by atoms with Crippen LogP contribution in [0, 0.1) is 5.92 Å². The number of benzene rings is 1. The van der Waals surface area contributed by atoms with E-state index >= 15 is 0 Å². The number of hydrogen-bond acceptors (Lipinski definition) is 4. The normalized spacial score (nSPS) is 12.2. The molecule has 0 fully saturated rings. The maximum absolute atomic E-state index is 12.0. The first-order valence-corrected chi connectivity index (χ1v) is 6.93. The first kappa shape index (κ1) is 16.3. The fraction of sp³-hybridized carbons (Fsp3) is 0.533. The second-order valence-electron chi connectivity index (χ2n) is 4.81. The molecular formula is C15H24N2O3. The molecule has 1 rings (SSSR count). The van der Waals surface area contributed by atoms with Crippen LogP contribution in [0.5, 0.6) is 5.75 Å². The van der Waals surface area contributed by atoms with Crippen molar-refractivity contribution in [2.24, 2.45) is 5.92 Å². The lowest BCUT2D eigenvalue weighted by Crippen LogP contribution is -2.36. The van der Waals surface area contributed by atoms with Crippen LogP contribution < -0.4 is 15.8 Å². The van der Waals surface area contributed by atoms with Crippen molar-refractivity contribution in [1.82, 2.24) is 5.32 Å². The summed E-state index contributed by atoms with van der Waals surface area (Å²) in [6.45, 7) is 4.29. The van der Waals surface area contributed by atoms with Gasteiger partial charge in [-0.15, -0.1) is 0 Å². The summed E-state index contributed by atoms with van der Waals surface area (Å²) >= 11 is 0. The summed E-state index contributed by atoms with van der Waals surface area (Å²) in [5.74, 6) is 0.523. The van der Waals surface area contributed by atoms with Crippen molar-refractivity contribution in [1.29, 1.82) is 0 Å². The number of methoxy groups -OCH3 is 1. The van der Waals surface area contributed by atoms with Crippen molar-refractivity contribution in [2.75, 3.05) is 19.4 Å². The van der Waals surface area contributed by atoms with E-state index in [1.165, 1.54) is 0 Å². The number of rotatable bonds is 7. The van der Waals surface area contributed by atoms with Gasteiger partial charge in [0.15, 0.2) is 0 Å². The van der Waals surface area contributed by atoms with Crippen molar-refractivity contribution in [3.8, 4) is 5.75 Å². The molecule has 0 aliphatic rings. The molecule has 0 saturated heterocycles. The summed E-state index contributed by atoms with van der Waals surface area (Å²) in [6.07, 6.45) is 1.24. The van der Waals surface area contributed by atoms with Crippen LogP contribution in [0.25, 0.3) is 0 Å². The summed E-state index contributed by atoms with van der Waals surface area (Å²) in [6, 6.07) is 4.90. The number of nitrogen functional groups attached to an aromatic ring is 1. The summed E-state index contributed by atoms with van der Waals surface area (Å²) in [5.41, 5.74) is 6.56. The molecule has 0 heterocycles. The molecule has 112 valence electrons. The molecule has 0 saturated carbocycles. The van der Waals surface area contributed by atoms with Gasteiger partial charge >= 0.3 is 0 Å². The maximum Gasteiger partial charge on any atom is 0.253 e. The maximum atomic E-state index is 12.0. The number of carbonyl (C=O) groups excluding carboxylic acids is 1. The van der Waals surface area contributed by atoms with Crippen LogP contribution in [0.1, 0.15) is 37.0 Å². The number of carbonyl (C=O) groups is 1. The number of nitrogens with two attached hydrogens (primary N) is 1. The highest BCUT2D eigenvalue weighted by Crippen LogP contribution is 2.19. The van der Waals surface area contributed by atoms with Gasteiger partial charge in [0.25, 0.3) is 5.91 Å². The highest BCUT2D eigenvalue weighted by molar-refractivity contribution is 5.99. The van der Waals surface area contributed by atoms with Gasteiger partial charge in [0, 0.05) is 18.3 Å². The Bertz CT molecular complexity index is 445. The topological polar surface area (TPSA) is 84.6 Å². The highest BCUT2D eigenvalue weighted by atomic mass is 16.5. The Morgan fingerprint density at radius 2 is 2.05 bits per heavy atom. The van der Waals surface area contributed by atoms with Crippen LogP contribution in [0.4, 0.5) is 5.69 Å². The third-order valence-electron chi connectivity index (χ3n) is 3.57. The number of anilines is 1. The molecule has 4 N–H and O–H groups in total. The van der Waals surface area contributed by atoms with E-state index in [1.807, 2.05) is 13.8 Å². The zero-order chi connectivity index (χ0) is 15.1. The second-order valence-corrected chi connectivity index (χ2v) is 4.81. The van der Waals surface area contributed by atoms with Crippen LogP contribution in [-0.2, 0) is 0 Å². The first-order valence-electron chi connectivity index (χ1n) is 6.93. The molecular weight excluding hydrogens is 256 g/mol. The van der Waals surface area contributed by atoms with Gasteiger partial charge in [-0.1, -0.05) is 26.7 Å². The standard InChI is InChI=1S/C15H24N2O3/c1-4-10(5-2)14(18)9-17-15(19)12-7-6-11(20-3)8-13(12)16/h6-8,10,14,18H,4-5,9,16H2,1-3H3,(H,17,19). The van der Waals surface area contributed by atoms with E-state index in [1.54, 1.807) is 25.3 Å². The van der Waals surface area contributed by atoms with Gasteiger partial charge < -0.3 is 20.9 Å². The molecule has 1 atom stereocenters. The van der Waals surface area contributed by atoms with E-state index < -0.39 is 6.10 Å². The SMILES string of the molecule is CCC(CC)C(O)CNC(=O)c1ccc(OC)cc1N. The van der Waals surface area contributed by atoms with E-state index in [0.717, 1.165) is 12.8 Å². The van der Waals surface area contributed by atoms with Gasteiger partial charge in [-0.2, -0.15) is 0 Å². The number of nitrogens with one attached hydrogen (secondary N) is 1. The smallest absolute Gasteiger partial charge is 0.253 e. The summed E-state index contributed by atoms with van der Waals surface area (Å²) < 4.78 is 5.04. The summed E-state index contributed by atoms with van der Waals surface area (Å²) in [7, 11) is 1.54. The summed E-state index contributed by atoms with van der Waals surface area (Å²) in [5, 5.41) is 12.7. The second kappa shape index (κ2) is 7.75. The van der Waals surface area contributed by atoms with E-state index in [-0.39, 0.29) is 18.4 Å². The Balaban J connectivity index is 2.63. The fourth-order valence-electron chi connectivity index (χ4n) is 2.17. The molecule has 0 aliphatic carbocycles. The van der Waals surface area contributed by atoms with Gasteiger partial charge in [0.2, 0.25) is 0 Å². The number of aliphatic hydroxyl groups is 1. The third-order valence-corrected chi connectivity index (χ3v) is 3.57. The summed E-state index contributed by atoms with van der Waals surface area (Å²) in [4.78, 5) is 12.0. The minimum Gasteiger partial charge on any atom is -0.497 e. The predicted octanol–water partition coefficient (Wildman–Crippen LogP) is 1.80. The van der Waals surface area contributed by atoms with Crippen molar-refractivity contribution in [3.05, 3.63) is 23.8 Å². The van der Waals surface area contributed by atoms with Crippen molar-refractivity contribution >= 4 is 11.6 Å². The van der Waals surface area contributed by atoms with Crippen LogP contribution in [0.3, 0.4) is 0 Å². The van der Waals surface area contributed by atoms with E-state index in [2.05, 4.69) is 5.32 Å². The fourth-order valence-corrected chi connectivity index (χ4v) is 2.17. The zero-order valence-corrected chi connectivity index (χ0v) is 12.3. The van der Waals surface area contributed by atoms with Gasteiger partial charge in [0.1, 0.15) is 5.75 Å². The van der Waals surface area contributed by atoms with Gasteiger partial charge in [-0.25, -0.2) is 0 Å². The van der Waals surface area contributed by atoms with Gasteiger partial charge in [-0.05, 0) is 18.1 Å². The lowest BCUT2D eigenvalue weighted by molar-refractivity contribution is 0.0817. The average molecular weight is 280 g/mol. The third kappa shape index (κ3) is 4.13. The number of amides is 1. The molecule has 5 heteroatoms. The Hall–Kier alpha value is -1.75. The molecule has 0 aliphatic heterocycles. The van der Waals surface area contributed by atoms with Gasteiger partial charge in [-0.3, -0.25) is 4.79 Å². The molecule has 1 aromatic carbocycles. The Kier molecular flexibility index (Phi) is 6.31. The zero-order valence-electron chi connectivity index (χ0n) is 12.3. The van der Waals surface area contributed by atoms with Crippen LogP contribution in [-0.4, -0.2) is 30.8 Å². The number of hydrogen-bond donors (Lipinski definition) is 3. The van der Waals surface area contributed by atoms with Gasteiger partial charge in [0.05, 0.1) is 18.8 Å². The monoisotopic (exact) mass is 280 g/mol. The van der Waals surface area contributed by atoms with Crippen LogP contribution in [0.2, 0.25) is 0 Å². The van der Waals surface area contributed by atoms with Crippen molar-refractivity contribution in [3.63, 3.8) is 0 Å². The minimum absolute atomic E-state index is 0.198. The Morgan fingerprint density at radius 1 is 1.40 bits per heavy atom. The quantitative estimate of drug-likeness (QED) is 0.665. The Morgan fingerprint density at radius 3 is 2.55 bits per heavy atom. The molecule has 0 radical (unpaired) electrons. The molecule has 0 bridgehead atoms.